The summed E-state index contributed by atoms with van der Waals surface area (Å²) in [5, 5.41) is 0. The third kappa shape index (κ3) is 3.17. The van der Waals surface area contributed by atoms with Crippen LogP contribution in [0.5, 0.6) is 0 Å². The van der Waals surface area contributed by atoms with Crippen LogP contribution in [0.3, 0.4) is 0 Å². The first kappa shape index (κ1) is 11.3. The molecule has 0 bridgehead atoms. The van der Waals surface area contributed by atoms with Gasteiger partial charge in [0, 0.05) is 26.1 Å². The van der Waals surface area contributed by atoms with Crippen molar-refractivity contribution in [3.8, 4) is 0 Å². The predicted octanol–water partition coefficient (Wildman–Crippen LogP) is 2.53. The van der Waals surface area contributed by atoms with Crippen molar-refractivity contribution in [2.24, 2.45) is 5.92 Å². The highest BCUT2D eigenvalue weighted by Gasteiger charge is 2.18. The van der Waals surface area contributed by atoms with Crippen LogP contribution in [0.2, 0.25) is 0 Å². The Labute approximate surface area is 96.6 Å². The van der Waals surface area contributed by atoms with Gasteiger partial charge in [0.2, 0.25) is 0 Å². The lowest BCUT2D eigenvalue weighted by molar-refractivity contribution is -0.119. The number of rotatable bonds is 4. The fourth-order valence-electron chi connectivity index (χ4n) is 2.07. The van der Waals surface area contributed by atoms with Crippen LogP contribution >= 0.6 is 0 Å². The van der Waals surface area contributed by atoms with Crippen molar-refractivity contribution < 1.29 is 9.53 Å². The Hall–Kier alpha value is -1.15. The molecule has 0 radical (unpaired) electrons. The number of benzene rings is 1. The van der Waals surface area contributed by atoms with Gasteiger partial charge < -0.3 is 4.74 Å². The van der Waals surface area contributed by atoms with Gasteiger partial charge in [0.05, 0.1) is 0 Å². The fourth-order valence-corrected chi connectivity index (χ4v) is 2.07. The van der Waals surface area contributed by atoms with Gasteiger partial charge in [-0.15, -0.1) is 0 Å². The third-order valence-corrected chi connectivity index (χ3v) is 3.06. The number of aryl methyl sites for hydroxylation is 1. The highest BCUT2D eigenvalue weighted by atomic mass is 16.5. The lowest BCUT2D eigenvalue weighted by atomic mass is 9.97. The minimum Gasteiger partial charge on any atom is -0.381 e. The van der Waals surface area contributed by atoms with Crippen LogP contribution in [0, 0.1) is 12.8 Å². The highest BCUT2D eigenvalue weighted by Crippen LogP contribution is 2.17. The summed E-state index contributed by atoms with van der Waals surface area (Å²) in [6.07, 6.45) is 2.28. The minimum atomic E-state index is 0.333. The Morgan fingerprint density at radius 1 is 1.38 bits per heavy atom. The van der Waals surface area contributed by atoms with Gasteiger partial charge in [0.1, 0.15) is 5.78 Å². The van der Waals surface area contributed by atoms with Crippen molar-refractivity contribution >= 4 is 5.78 Å². The predicted molar refractivity (Wildman–Crippen MR) is 63.4 cm³/mol. The van der Waals surface area contributed by atoms with E-state index in [1.165, 1.54) is 5.56 Å². The average Bonchev–Trinajstić information content (AvgIpc) is 2.74. The normalized spacial score (nSPS) is 19.9. The molecule has 0 aliphatic carbocycles. The molecule has 1 fully saturated rings. The van der Waals surface area contributed by atoms with Crippen molar-refractivity contribution in [1.29, 1.82) is 0 Å². The van der Waals surface area contributed by atoms with E-state index < -0.39 is 0 Å². The Bertz CT molecular complexity index is 348. The van der Waals surface area contributed by atoms with E-state index in [1.54, 1.807) is 0 Å². The summed E-state index contributed by atoms with van der Waals surface area (Å²) in [6, 6.07) is 8.19. The smallest absolute Gasteiger partial charge is 0.137 e. The number of carbonyl (C=O) groups is 1. The molecule has 1 heterocycles. The molecule has 1 aliphatic rings. The molecule has 0 N–H and O–H groups in total. The van der Waals surface area contributed by atoms with E-state index in [0.29, 0.717) is 24.5 Å². The van der Waals surface area contributed by atoms with Gasteiger partial charge in [0.25, 0.3) is 0 Å². The van der Waals surface area contributed by atoms with Gasteiger partial charge in [-0.25, -0.2) is 0 Å². The van der Waals surface area contributed by atoms with Gasteiger partial charge in [-0.2, -0.15) is 0 Å². The van der Waals surface area contributed by atoms with Crippen molar-refractivity contribution in [3.05, 3.63) is 35.4 Å². The summed E-state index contributed by atoms with van der Waals surface area (Å²) < 4.78 is 5.27. The van der Waals surface area contributed by atoms with E-state index in [2.05, 4.69) is 19.1 Å². The largest absolute Gasteiger partial charge is 0.381 e. The highest BCUT2D eigenvalue weighted by molar-refractivity contribution is 5.81. The number of hydrogen-bond acceptors (Lipinski definition) is 2. The van der Waals surface area contributed by atoms with Crippen LogP contribution in [0.25, 0.3) is 0 Å². The maximum Gasteiger partial charge on any atom is 0.137 e. The molecule has 1 aliphatic heterocycles. The van der Waals surface area contributed by atoms with Gasteiger partial charge in [-0.05, 0) is 24.8 Å². The van der Waals surface area contributed by atoms with E-state index in [9.17, 15) is 4.79 Å². The van der Waals surface area contributed by atoms with Crippen LogP contribution in [0.1, 0.15) is 24.0 Å². The molecule has 1 saturated heterocycles. The monoisotopic (exact) mass is 218 g/mol. The van der Waals surface area contributed by atoms with Crippen molar-refractivity contribution in [3.63, 3.8) is 0 Å². The second kappa shape index (κ2) is 5.26. The molecule has 0 aromatic heterocycles. The molecular formula is C14H18O2. The van der Waals surface area contributed by atoms with E-state index in [-0.39, 0.29) is 0 Å². The number of carbonyl (C=O) groups excluding carboxylic acids is 1. The van der Waals surface area contributed by atoms with Crippen LogP contribution in [0.4, 0.5) is 0 Å². The molecule has 2 heteroatoms. The van der Waals surface area contributed by atoms with Gasteiger partial charge in [-0.3, -0.25) is 4.79 Å². The van der Waals surface area contributed by atoms with Gasteiger partial charge >= 0.3 is 0 Å². The van der Waals surface area contributed by atoms with Crippen LogP contribution in [-0.4, -0.2) is 19.0 Å². The lowest BCUT2D eigenvalue weighted by Crippen LogP contribution is -2.10. The maximum atomic E-state index is 11.8. The standard InChI is InChI=1S/C14H18O2/c1-11-2-4-12(5-3-11)8-14(15)9-13-6-7-16-10-13/h2-5,13H,6-10H2,1H3. The molecule has 2 nitrogen and oxygen atoms in total. The second-order valence-electron chi connectivity index (χ2n) is 4.63. The number of Topliss-reactive ketones (excluding diaryl/α,β-unsaturated/α-hetero) is 1. The third-order valence-electron chi connectivity index (χ3n) is 3.06. The van der Waals surface area contributed by atoms with E-state index in [0.717, 1.165) is 25.2 Å². The summed E-state index contributed by atoms with van der Waals surface area (Å²) in [7, 11) is 0. The van der Waals surface area contributed by atoms with E-state index >= 15 is 0 Å². The molecule has 2 rings (SSSR count). The number of ether oxygens (including phenoxy) is 1. The first-order chi connectivity index (χ1) is 7.74. The zero-order valence-corrected chi connectivity index (χ0v) is 9.74. The van der Waals surface area contributed by atoms with E-state index in [1.807, 2.05) is 12.1 Å². The Kier molecular flexibility index (Phi) is 3.73. The first-order valence-corrected chi connectivity index (χ1v) is 5.89. The molecule has 1 unspecified atom stereocenters. The Morgan fingerprint density at radius 3 is 2.75 bits per heavy atom. The van der Waals surface area contributed by atoms with Crippen molar-refractivity contribution in [2.75, 3.05) is 13.2 Å². The zero-order valence-electron chi connectivity index (χ0n) is 9.74. The summed E-state index contributed by atoms with van der Waals surface area (Å²) in [6.45, 7) is 3.64. The minimum absolute atomic E-state index is 0.333. The SMILES string of the molecule is Cc1ccc(CC(=O)CC2CCOC2)cc1. The average molecular weight is 218 g/mol. The summed E-state index contributed by atoms with van der Waals surface area (Å²) in [5.41, 5.74) is 2.36. The molecule has 1 aromatic carbocycles. The summed E-state index contributed by atoms with van der Waals surface area (Å²) in [4.78, 5) is 11.8. The Balaban J connectivity index is 1.84. The quantitative estimate of drug-likeness (QED) is 0.776. The molecular weight excluding hydrogens is 200 g/mol. The number of ketones is 1. The van der Waals surface area contributed by atoms with Gasteiger partial charge in [-0.1, -0.05) is 29.8 Å². The summed E-state index contributed by atoms with van der Waals surface area (Å²) in [5.74, 6) is 0.789. The van der Waals surface area contributed by atoms with Crippen LogP contribution in [-0.2, 0) is 16.0 Å². The maximum absolute atomic E-state index is 11.8. The fraction of sp³-hybridized carbons (Fsp3) is 0.500. The van der Waals surface area contributed by atoms with Gasteiger partial charge in [0.15, 0.2) is 0 Å². The lowest BCUT2D eigenvalue weighted by Gasteiger charge is -2.06. The molecule has 16 heavy (non-hydrogen) atoms. The topological polar surface area (TPSA) is 26.3 Å². The van der Waals surface area contributed by atoms with Crippen LogP contribution < -0.4 is 0 Å². The molecule has 0 spiro atoms. The molecule has 86 valence electrons. The molecule has 0 saturated carbocycles. The zero-order chi connectivity index (χ0) is 11.4. The molecule has 1 aromatic rings. The second-order valence-corrected chi connectivity index (χ2v) is 4.63. The molecule has 0 amide bonds. The number of hydrogen-bond donors (Lipinski definition) is 0. The molecule has 1 atom stereocenters. The first-order valence-electron chi connectivity index (χ1n) is 5.89. The Morgan fingerprint density at radius 2 is 2.12 bits per heavy atom. The van der Waals surface area contributed by atoms with Crippen LogP contribution in [0.15, 0.2) is 24.3 Å². The summed E-state index contributed by atoms with van der Waals surface area (Å²) >= 11 is 0. The van der Waals surface area contributed by atoms with Crippen molar-refractivity contribution in [1.82, 2.24) is 0 Å². The van der Waals surface area contributed by atoms with E-state index in [4.69, 9.17) is 4.74 Å². The van der Waals surface area contributed by atoms with Crippen molar-refractivity contribution in [2.45, 2.75) is 26.2 Å².